The number of halogens is 1. The Hall–Kier alpha value is -2.96. The lowest BCUT2D eigenvalue weighted by molar-refractivity contribution is 0.102. The van der Waals surface area contributed by atoms with Crippen molar-refractivity contribution in [2.45, 2.75) is 0 Å². The number of thiophene rings is 1. The van der Waals surface area contributed by atoms with Gasteiger partial charge in [0.05, 0.1) is 32.3 Å². The van der Waals surface area contributed by atoms with E-state index in [1.54, 1.807) is 41.5 Å². The summed E-state index contributed by atoms with van der Waals surface area (Å²) in [5.74, 6) is -0.250. The number of carbonyl (C=O) groups excluding carboxylic acids is 1. The first-order valence-electron chi connectivity index (χ1n) is 7.83. The summed E-state index contributed by atoms with van der Waals surface area (Å²) in [6.45, 7) is 0. The molecule has 1 N–H and O–H groups in total. The number of carbonyl (C=O) groups is 1. The number of amides is 1. The summed E-state index contributed by atoms with van der Waals surface area (Å²) in [6, 6.07) is 16.9. The number of benzene rings is 1. The summed E-state index contributed by atoms with van der Waals surface area (Å²) in [5.41, 5.74) is 2.56. The molecule has 128 valence electrons. The number of hydrogen-bond donors (Lipinski definition) is 1. The first kappa shape index (κ1) is 16.5. The monoisotopic (exact) mass is 380 g/mol. The second-order valence-electron chi connectivity index (χ2n) is 5.47. The van der Waals surface area contributed by atoms with E-state index in [-0.39, 0.29) is 5.91 Å². The molecule has 0 bridgehead atoms. The molecule has 5 nitrogen and oxygen atoms in total. The Balaban J connectivity index is 1.76. The lowest BCUT2D eigenvalue weighted by Gasteiger charge is -2.03. The van der Waals surface area contributed by atoms with E-state index >= 15 is 0 Å². The molecule has 3 aromatic heterocycles. The minimum atomic E-state index is -0.250. The average Bonchev–Trinajstić information content (AvgIpc) is 3.30. The van der Waals surface area contributed by atoms with Gasteiger partial charge in [0.2, 0.25) is 0 Å². The van der Waals surface area contributed by atoms with Crippen molar-refractivity contribution in [3.05, 3.63) is 83.1 Å². The van der Waals surface area contributed by atoms with Crippen LogP contribution in [0.5, 0.6) is 0 Å². The molecule has 4 rings (SSSR count). The molecule has 1 aromatic carbocycles. The van der Waals surface area contributed by atoms with E-state index in [1.807, 2.05) is 36.4 Å². The molecule has 0 saturated carbocycles. The number of pyridine rings is 1. The molecule has 26 heavy (non-hydrogen) atoms. The van der Waals surface area contributed by atoms with Gasteiger partial charge >= 0.3 is 0 Å². The number of anilines is 1. The highest BCUT2D eigenvalue weighted by molar-refractivity contribution is 7.19. The van der Waals surface area contributed by atoms with Gasteiger partial charge in [0.1, 0.15) is 5.69 Å². The fourth-order valence-corrected chi connectivity index (χ4v) is 3.55. The first-order valence-corrected chi connectivity index (χ1v) is 9.02. The Kier molecular flexibility index (Phi) is 4.51. The fraction of sp³-hybridized carbons (Fsp3) is 0. The van der Waals surface area contributed by atoms with Gasteiger partial charge in [0.15, 0.2) is 0 Å². The zero-order chi connectivity index (χ0) is 17.9. The normalized spacial score (nSPS) is 10.7. The fourth-order valence-electron chi connectivity index (χ4n) is 2.51. The van der Waals surface area contributed by atoms with E-state index in [9.17, 15) is 4.79 Å². The number of para-hydroxylation sites is 1. The molecule has 0 fully saturated rings. The average molecular weight is 381 g/mol. The Morgan fingerprint density at radius 2 is 1.92 bits per heavy atom. The van der Waals surface area contributed by atoms with E-state index in [0.717, 1.165) is 10.6 Å². The molecule has 0 aliphatic heterocycles. The van der Waals surface area contributed by atoms with Crippen LogP contribution in [0.15, 0.2) is 73.2 Å². The quantitative estimate of drug-likeness (QED) is 0.547. The summed E-state index contributed by atoms with van der Waals surface area (Å²) in [6.07, 6.45) is 4.98. The minimum Gasteiger partial charge on any atom is -0.320 e. The zero-order valence-electron chi connectivity index (χ0n) is 13.5. The Morgan fingerprint density at radius 3 is 2.62 bits per heavy atom. The number of nitrogens with zero attached hydrogens (tertiary/aromatic N) is 3. The van der Waals surface area contributed by atoms with Crippen LogP contribution < -0.4 is 5.32 Å². The van der Waals surface area contributed by atoms with Crippen LogP contribution in [-0.2, 0) is 0 Å². The summed E-state index contributed by atoms with van der Waals surface area (Å²) in [7, 11) is 0. The lowest BCUT2D eigenvalue weighted by Crippen LogP contribution is -2.12. The highest BCUT2D eigenvalue weighted by atomic mass is 35.5. The van der Waals surface area contributed by atoms with E-state index < -0.39 is 0 Å². The van der Waals surface area contributed by atoms with Crippen molar-refractivity contribution in [1.82, 2.24) is 14.8 Å². The molecule has 0 unspecified atom stereocenters. The second kappa shape index (κ2) is 7.11. The number of rotatable bonds is 4. The molecular formula is C19H13ClN4OS. The van der Waals surface area contributed by atoms with Crippen molar-refractivity contribution in [3.8, 4) is 16.3 Å². The van der Waals surface area contributed by atoms with Crippen molar-refractivity contribution in [2.24, 2.45) is 0 Å². The van der Waals surface area contributed by atoms with Crippen LogP contribution in [0.4, 0.5) is 5.69 Å². The Labute approximate surface area is 158 Å². The van der Waals surface area contributed by atoms with Crippen LogP contribution in [-0.4, -0.2) is 20.7 Å². The largest absolute Gasteiger partial charge is 0.320 e. The van der Waals surface area contributed by atoms with Crippen LogP contribution in [0, 0.1) is 0 Å². The van der Waals surface area contributed by atoms with Gasteiger partial charge in [-0.3, -0.25) is 9.78 Å². The summed E-state index contributed by atoms with van der Waals surface area (Å²) in [4.78, 5) is 17.7. The van der Waals surface area contributed by atoms with Gasteiger partial charge in [-0.05, 0) is 36.4 Å². The molecule has 1 amide bonds. The number of nitrogens with one attached hydrogen (secondary N) is 1. The van der Waals surface area contributed by atoms with Gasteiger partial charge in [0.25, 0.3) is 5.91 Å². The highest BCUT2D eigenvalue weighted by Gasteiger charge is 2.20. The van der Waals surface area contributed by atoms with Crippen LogP contribution in [0.2, 0.25) is 4.34 Å². The molecule has 0 saturated heterocycles. The molecule has 3 heterocycles. The molecule has 0 radical (unpaired) electrons. The van der Waals surface area contributed by atoms with Crippen molar-refractivity contribution >= 4 is 34.5 Å². The zero-order valence-corrected chi connectivity index (χ0v) is 15.0. The number of hydrogen-bond acceptors (Lipinski definition) is 4. The standard InChI is InChI=1S/C19H13ClN4OS/c20-17-9-8-16(26-17)18-15(19(25)22-13-5-4-10-21-11-13)12-24(23-18)14-6-2-1-3-7-14/h1-12H,(H,22,25). The summed E-state index contributed by atoms with van der Waals surface area (Å²) in [5, 5.41) is 7.48. The van der Waals surface area contributed by atoms with Crippen molar-refractivity contribution in [2.75, 3.05) is 5.32 Å². The van der Waals surface area contributed by atoms with Crippen LogP contribution in [0.3, 0.4) is 0 Å². The van der Waals surface area contributed by atoms with E-state index in [2.05, 4.69) is 15.4 Å². The maximum Gasteiger partial charge on any atom is 0.259 e. The predicted octanol–water partition coefficient (Wildman–Crippen LogP) is 4.90. The molecule has 0 aliphatic carbocycles. The van der Waals surface area contributed by atoms with Crippen LogP contribution in [0.1, 0.15) is 10.4 Å². The van der Waals surface area contributed by atoms with E-state index in [1.165, 1.54) is 11.3 Å². The third-order valence-corrected chi connectivity index (χ3v) is 4.94. The van der Waals surface area contributed by atoms with Gasteiger partial charge in [0, 0.05) is 12.4 Å². The van der Waals surface area contributed by atoms with Gasteiger partial charge in [-0.1, -0.05) is 29.8 Å². The number of aromatic nitrogens is 3. The molecule has 0 spiro atoms. The molecule has 0 aliphatic rings. The SMILES string of the molecule is O=C(Nc1cccnc1)c1cn(-c2ccccc2)nc1-c1ccc(Cl)s1. The third-order valence-electron chi connectivity index (χ3n) is 3.71. The summed E-state index contributed by atoms with van der Waals surface area (Å²) >= 11 is 7.46. The van der Waals surface area contributed by atoms with E-state index in [0.29, 0.717) is 21.3 Å². The highest BCUT2D eigenvalue weighted by Crippen LogP contribution is 2.33. The predicted molar refractivity (Wildman–Crippen MR) is 104 cm³/mol. The molecule has 4 aromatic rings. The topological polar surface area (TPSA) is 59.8 Å². The smallest absolute Gasteiger partial charge is 0.259 e. The van der Waals surface area contributed by atoms with Crippen molar-refractivity contribution in [1.29, 1.82) is 0 Å². The summed E-state index contributed by atoms with van der Waals surface area (Å²) < 4.78 is 2.34. The van der Waals surface area contributed by atoms with Gasteiger partial charge < -0.3 is 5.32 Å². The second-order valence-corrected chi connectivity index (χ2v) is 7.19. The lowest BCUT2D eigenvalue weighted by atomic mass is 10.2. The molecule has 7 heteroatoms. The van der Waals surface area contributed by atoms with Gasteiger partial charge in [-0.25, -0.2) is 4.68 Å². The maximum absolute atomic E-state index is 12.8. The van der Waals surface area contributed by atoms with Gasteiger partial charge in [-0.2, -0.15) is 5.10 Å². The van der Waals surface area contributed by atoms with Crippen molar-refractivity contribution < 1.29 is 4.79 Å². The molecule has 0 atom stereocenters. The van der Waals surface area contributed by atoms with Gasteiger partial charge in [-0.15, -0.1) is 11.3 Å². The third kappa shape index (κ3) is 3.37. The van der Waals surface area contributed by atoms with Crippen LogP contribution in [0.25, 0.3) is 16.3 Å². The van der Waals surface area contributed by atoms with Crippen molar-refractivity contribution in [3.63, 3.8) is 0 Å². The molecular weight excluding hydrogens is 368 g/mol. The minimum absolute atomic E-state index is 0.250. The van der Waals surface area contributed by atoms with E-state index in [4.69, 9.17) is 11.6 Å². The Morgan fingerprint density at radius 1 is 1.08 bits per heavy atom. The van der Waals surface area contributed by atoms with Crippen LogP contribution >= 0.6 is 22.9 Å². The first-order chi connectivity index (χ1) is 12.7. The maximum atomic E-state index is 12.8. The Bertz CT molecular complexity index is 1040.